The van der Waals surface area contributed by atoms with E-state index in [1.54, 1.807) is 0 Å². The van der Waals surface area contributed by atoms with Gasteiger partial charge in [-0.05, 0) is 38.8 Å². The van der Waals surface area contributed by atoms with E-state index in [1.807, 2.05) is 6.08 Å². The fourth-order valence-electron chi connectivity index (χ4n) is 2.53. The van der Waals surface area contributed by atoms with Crippen LogP contribution in [-0.4, -0.2) is 35.6 Å². The van der Waals surface area contributed by atoms with E-state index >= 15 is 0 Å². The van der Waals surface area contributed by atoms with Crippen molar-refractivity contribution in [3.8, 4) is 0 Å². The lowest BCUT2D eigenvalue weighted by Gasteiger charge is -2.38. The van der Waals surface area contributed by atoms with Gasteiger partial charge >= 0.3 is 5.97 Å². The molecule has 0 amide bonds. The standard InChI is InChI=1S/C13H23NO2/c1-3-5-9-14-10-7-13(6-4-2,8-11-14)12(15)16/h3H,1,4-11H2,2H3,(H,15,16). The highest BCUT2D eigenvalue weighted by Crippen LogP contribution is 2.36. The van der Waals surface area contributed by atoms with E-state index in [9.17, 15) is 9.90 Å². The van der Waals surface area contributed by atoms with Gasteiger partial charge in [0, 0.05) is 6.54 Å². The van der Waals surface area contributed by atoms with Crippen LogP contribution in [0, 0.1) is 5.41 Å². The van der Waals surface area contributed by atoms with E-state index in [0.717, 1.165) is 51.7 Å². The van der Waals surface area contributed by atoms with Crippen molar-refractivity contribution in [2.24, 2.45) is 5.41 Å². The predicted molar refractivity (Wildman–Crippen MR) is 65.5 cm³/mol. The van der Waals surface area contributed by atoms with Gasteiger partial charge in [0.1, 0.15) is 0 Å². The summed E-state index contributed by atoms with van der Waals surface area (Å²) < 4.78 is 0. The number of piperidine rings is 1. The Bertz CT molecular complexity index is 242. The Morgan fingerprint density at radius 1 is 1.50 bits per heavy atom. The molecule has 1 saturated heterocycles. The van der Waals surface area contributed by atoms with Crippen LogP contribution in [0.15, 0.2) is 12.7 Å². The lowest BCUT2D eigenvalue weighted by atomic mass is 9.75. The molecule has 0 unspecified atom stereocenters. The zero-order chi connectivity index (χ0) is 12.0. The molecule has 1 N–H and O–H groups in total. The van der Waals surface area contributed by atoms with E-state index < -0.39 is 11.4 Å². The van der Waals surface area contributed by atoms with Crippen molar-refractivity contribution in [3.63, 3.8) is 0 Å². The average molecular weight is 225 g/mol. The summed E-state index contributed by atoms with van der Waals surface area (Å²) in [5, 5.41) is 9.35. The van der Waals surface area contributed by atoms with Crippen LogP contribution in [0.5, 0.6) is 0 Å². The minimum absolute atomic E-state index is 0.445. The van der Waals surface area contributed by atoms with E-state index in [0.29, 0.717) is 0 Å². The van der Waals surface area contributed by atoms with Crippen LogP contribution in [0.2, 0.25) is 0 Å². The fraction of sp³-hybridized carbons (Fsp3) is 0.769. The summed E-state index contributed by atoms with van der Waals surface area (Å²) in [6.45, 7) is 8.63. The number of nitrogens with zero attached hydrogens (tertiary/aromatic N) is 1. The molecule has 0 saturated carbocycles. The highest BCUT2D eigenvalue weighted by molar-refractivity contribution is 5.74. The van der Waals surface area contributed by atoms with E-state index in [-0.39, 0.29) is 0 Å². The largest absolute Gasteiger partial charge is 0.481 e. The van der Waals surface area contributed by atoms with Crippen LogP contribution in [-0.2, 0) is 4.79 Å². The highest BCUT2D eigenvalue weighted by atomic mass is 16.4. The van der Waals surface area contributed by atoms with Crippen LogP contribution in [0.1, 0.15) is 39.0 Å². The highest BCUT2D eigenvalue weighted by Gasteiger charge is 2.40. The van der Waals surface area contributed by atoms with Crippen molar-refractivity contribution in [2.45, 2.75) is 39.0 Å². The molecule has 0 aliphatic carbocycles. The van der Waals surface area contributed by atoms with E-state index in [1.165, 1.54) is 0 Å². The van der Waals surface area contributed by atoms with Crippen molar-refractivity contribution in [3.05, 3.63) is 12.7 Å². The van der Waals surface area contributed by atoms with Crippen molar-refractivity contribution in [1.29, 1.82) is 0 Å². The third kappa shape index (κ3) is 3.08. The fourth-order valence-corrected chi connectivity index (χ4v) is 2.53. The topological polar surface area (TPSA) is 40.5 Å². The predicted octanol–water partition coefficient (Wildman–Crippen LogP) is 2.53. The molecule has 3 nitrogen and oxygen atoms in total. The van der Waals surface area contributed by atoms with Gasteiger partial charge in [-0.15, -0.1) is 6.58 Å². The molecule has 1 fully saturated rings. The molecular formula is C13H23NO2. The first-order chi connectivity index (χ1) is 7.64. The monoisotopic (exact) mass is 225 g/mol. The Labute approximate surface area is 98.1 Å². The molecule has 1 aliphatic rings. The Hall–Kier alpha value is -0.830. The van der Waals surface area contributed by atoms with Crippen molar-refractivity contribution >= 4 is 5.97 Å². The first-order valence-corrected chi connectivity index (χ1v) is 6.21. The number of aliphatic carboxylic acids is 1. The molecule has 0 radical (unpaired) electrons. The number of carboxylic acids is 1. The van der Waals surface area contributed by atoms with Crippen LogP contribution < -0.4 is 0 Å². The van der Waals surface area contributed by atoms with E-state index in [2.05, 4.69) is 18.4 Å². The number of hydrogen-bond acceptors (Lipinski definition) is 2. The summed E-state index contributed by atoms with van der Waals surface area (Å²) in [4.78, 5) is 13.7. The lowest BCUT2D eigenvalue weighted by molar-refractivity contribution is -0.152. The van der Waals surface area contributed by atoms with Crippen molar-refractivity contribution in [2.75, 3.05) is 19.6 Å². The molecule has 92 valence electrons. The second-order valence-electron chi connectivity index (χ2n) is 4.75. The molecule has 3 heteroatoms. The summed E-state index contributed by atoms with van der Waals surface area (Å²) >= 11 is 0. The van der Waals surface area contributed by atoms with Crippen molar-refractivity contribution < 1.29 is 9.90 Å². The Balaban J connectivity index is 2.49. The SMILES string of the molecule is C=CCCN1CCC(CCC)(C(=O)O)CC1. The molecule has 1 aliphatic heterocycles. The molecule has 0 spiro atoms. The first-order valence-electron chi connectivity index (χ1n) is 6.21. The van der Waals surface area contributed by atoms with Gasteiger partial charge in [-0.2, -0.15) is 0 Å². The van der Waals surface area contributed by atoms with Gasteiger partial charge in [0.2, 0.25) is 0 Å². The summed E-state index contributed by atoms with van der Waals surface area (Å²) in [5.74, 6) is -0.599. The minimum atomic E-state index is -0.599. The van der Waals surface area contributed by atoms with Gasteiger partial charge in [-0.1, -0.05) is 19.4 Å². The Morgan fingerprint density at radius 2 is 2.12 bits per heavy atom. The van der Waals surface area contributed by atoms with Gasteiger partial charge in [0.25, 0.3) is 0 Å². The zero-order valence-electron chi connectivity index (χ0n) is 10.2. The summed E-state index contributed by atoms with van der Waals surface area (Å²) in [6, 6.07) is 0. The van der Waals surface area contributed by atoms with Gasteiger partial charge < -0.3 is 10.0 Å². The maximum atomic E-state index is 11.4. The van der Waals surface area contributed by atoms with E-state index in [4.69, 9.17) is 0 Å². The molecule has 0 aromatic heterocycles. The van der Waals surface area contributed by atoms with Gasteiger partial charge in [-0.25, -0.2) is 0 Å². The second-order valence-corrected chi connectivity index (χ2v) is 4.75. The number of rotatable bonds is 6. The van der Waals surface area contributed by atoms with Crippen LogP contribution in [0.4, 0.5) is 0 Å². The molecule has 0 aromatic rings. The van der Waals surface area contributed by atoms with Gasteiger partial charge in [-0.3, -0.25) is 4.79 Å². The normalized spacial score (nSPS) is 20.6. The third-order valence-electron chi connectivity index (χ3n) is 3.64. The molecular weight excluding hydrogens is 202 g/mol. The minimum Gasteiger partial charge on any atom is -0.481 e. The second kappa shape index (κ2) is 6.04. The molecule has 1 heterocycles. The van der Waals surface area contributed by atoms with Crippen molar-refractivity contribution in [1.82, 2.24) is 4.90 Å². The summed E-state index contributed by atoms with van der Waals surface area (Å²) in [5.41, 5.74) is -0.445. The Morgan fingerprint density at radius 3 is 2.56 bits per heavy atom. The molecule has 0 bridgehead atoms. The molecule has 0 aromatic carbocycles. The summed E-state index contributed by atoms with van der Waals surface area (Å²) in [6.07, 6.45) is 6.29. The van der Waals surface area contributed by atoms with Gasteiger partial charge in [0.15, 0.2) is 0 Å². The quantitative estimate of drug-likeness (QED) is 0.706. The molecule has 1 rings (SSSR count). The van der Waals surface area contributed by atoms with Gasteiger partial charge in [0.05, 0.1) is 5.41 Å². The third-order valence-corrected chi connectivity index (χ3v) is 3.64. The first kappa shape index (κ1) is 13.2. The zero-order valence-corrected chi connectivity index (χ0v) is 10.2. The van der Waals surface area contributed by atoms with Crippen LogP contribution in [0.3, 0.4) is 0 Å². The maximum Gasteiger partial charge on any atom is 0.309 e. The van der Waals surface area contributed by atoms with Crippen LogP contribution >= 0.6 is 0 Å². The number of likely N-dealkylation sites (tertiary alicyclic amines) is 1. The maximum absolute atomic E-state index is 11.4. The smallest absolute Gasteiger partial charge is 0.309 e. The average Bonchev–Trinajstić information content (AvgIpc) is 2.28. The number of carbonyl (C=O) groups is 1. The molecule has 0 atom stereocenters. The number of carboxylic acid groups (broad SMARTS) is 1. The lowest BCUT2D eigenvalue weighted by Crippen LogP contribution is -2.44. The molecule has 16 heavy (non-hydrogen) atoms. The van der Waals surface area contributed by atoms with Crippen LogP contribution in [0.25, 0.3) is 0 Å². The summed E-state index contributed by atoms with van der Waals surface area (Å²) in [7, 11) is 0. The number of hydrogen-bond donors (Lipinski definition) is 1. The Kier molecular flexibility index (Phi) is 5.00.